The van der Waals surface area contributed by atoms with Gasteiger partial charge < -0.3 is 29.4 Å². The summed E-state index contributed by atoms with van der Waals surface area (Å²) in [7, 11) is 1.97. The molecule has 176 valence electrons. The Balaban J connectivity index is 1.38. The first-order valence-corrected chi connectivity index (χ1v) is 11.5. The Hall–Kier alpha value is -1.75. The van der Waals surface area contributed by atoms with Crippen molar-refractivity contribution < 1.29 is 14.2 Å². The summed E-state index contributed by atoms with van der Waals surface area (Å²) in [6.45, 7) is 12.0. The first-order chi connectivity index (χ1) is 15.2. The summed E-state index contributed by atoms with van der Waals surface area (Å²) < 4.78 is 18.7. The van der Waals surface area contributed by atoms with Gasteiger partial charge in [0, 0.05) is 66.2 Å². The van der Waals surface area contributed by atoms with Crippen LogP contribution >= 0.6 is 0 Å². The molecule has 0 spiro atoms. The van der Waals surface area contributed by atoms with Gasteiger partial charge in [-0.05, 0) is 32.1 Å². The molecule has 3 rings (SSSR count). The molecule has 10 nitrogen and oxygen atoms in total. The quantitative estimate of drug-likeness (QED) is 0.290. The Morgan fingerprint density at radius 1 is 1.10 bits per heavy atom. The van der Waals surface area contributed by atoms with Gasteiger partial charge in [0.15, 0.2) is 11.8 Å². The second kappa shape index (κ2) is 13.6. The minimum atomic E-state index is 0.491. The van der Waals surface area contributed by atoms with E-state index in [-0.39, 0.29) is 0 Å². The normalized spacial score (nSPS) is 19.0. The molecule has 2 fully saturated rings. The van der Waals surface area contributed by atoms with Gasteiger partial charge in [-0.3, -0.25) is 4.90 Å². The van der Waals surface area contributed by atoms with Gasteiger partial charge >= 0.3 is 0 Å². The molecule has 0 amide bonds. The van der Waals surface area contributed by atoms with E-state index in [1.165, 1.54) is 0 Å². The molecule has 1 aromatic heterocycles. The lowest BCUT2D eigenvalue weighted by molar-refractivity contribution is 0.0203. The number of guanidine groups is 1. The topological polar surface area (TPSA) is 98.1 Å². The second-order valence-corrected chi connectivity index (χ2v) is 8.18. The van der Waals surface area contributed by atoms with E-state index in [4.69, 9.17) is 19.2 Å². The Kier molecular flexibility index (Phi) is 10.5. The zero-order valence-electron chi connectivity index (χ0n) is 19.1. The highest BCUT2D eigenvalue weighted by molar-refractivity contribution is 5.79. The maximum atomic E-state index is 5.87. The van der Waals surface area contributed by atoms with Crippen molar-refractivity contribution in [2.24, 2.45) is 18.0 Å². The molecule has 0 radical (unpaired) electrons. The van der Waals surface area contributed by atoms with E-state index < -0.39 is 0 Å². The maximum absolute atomic E-state index is 5.87. The number of aliphatic imine (C=N–C) groups is 1. The van der Waals surface area contributed by atoms with Crippen LogP contribution in [0, 0.1) is 12.8 Å². The highest BCUT2D eigenvalue weighted by Crippen LogP contribution is 2.14. The fourth-order valence-corrected chi connectivity index (χ4v) is 3.61. The molecule has 2 aliphatic rings. The predicted octanol–water partition coefficient (Wildman–Crippen LogP) is 0.324. The van der Waals surface area contributed by atoms with Gasteiger partial charge in [-0.1, -0.05) is 0 Å². The average molecular weight is 438 g/mol. The number of aryl methyl sites for hydroxylation is 1. The van der Waals surface area contributed by atoms with Crippen molar-refractivity contribution in [1.29, 1.82) is 0 Å². The van der Waals surface area contributed by atoms with Gasteiger partial charge in [0.25, 0.3) is 0 Å². The summed E-state index contributed by atoms with van der Waals surface area (Å²) in [6, 6.07) is 0. The largest absolute Gasteiger partial charge is 0.381 e. The summed E-state index contributed by atoms with van der Waals surface area (Å²) in [5, 5.41) is 15.2. The fourth-order valence-electron chi connectivity index (χ4n) is 3.61. The summed E-state index contributed by atoms with van der Waals surface area (Å²) in [4.78, 5) is 7.12. The predicted molar refractivity (Wildman–Crippen MR) is 119 cm³/mol. The smallest absolute Gasteiger partial charge is 0.191 e. The Labute approximate surface area is 185 Å². The van der Waals surface area contributed by atoms with Crippen molar-refractivity contribution in [3.05, 3.63) is 11.6 Å². The number of hydrogen-bond donors (Lipinski definition) is 2. The highest BCUT2D eigenvalue weighted by Gasteiger charge is 2.13. The highest BCUT2D eigenvalue weighted by atomic mass is 16.5. The molecule has 2 saturated heterocycles. The van der Waals surface area contributed by atoms with E-state index in [0.717, 1.165) is 109 Å². The van der Waals surface area contributed by atoms with Crippen molar-refractivity contribution in [1.82, 2.24) is 30.3 Å². The van der Waals surface area contributed by atoms with E-state index in [2.05, 4.69) is 25.7 Å². The van der Waals surface area contributed by atoms with Crippen LogP contribution in [-0.4, -0.2) is 98.0 Å². The minimum absolute atomic E-state index is 0.491. The number of ether oxygens (including phenoxy) is 3. The first-order valence-electron chi connectivity index (χ1n) is 11.5. The molecule has 0 aromatic carbocycles. The average Bonchev–Trinajstić information content (AvgIpc) is 3.13. The van der Waals surface area contributed by atoms with Crippen LogP contribution in [0.2, 0.25) is 0 Å². The van der Waals surface area contributed by atoms with Crippen molar-refractivity contribution in [3.63, 3.8) is 0 Å². The third kappa shape index (κ3) is 8.72. The van der Waals surface area contributed by atoms with Crippen LogP contribution in [-0.2, 0) is 27.8 Å². The standard InChI is InChI=1S/C21H39N7O3/c1-18-25-26-20(27(18)2)16-24-21(23-7-8-28-9-14-30-15-10-28)22-6-3-11-31-17-19-4-12-29-13-5-19/h19H,3-17H2,1-2H3,(H2,22,23,24). The fraction of sp³-hybridized carbons (Fsp3) is 0.857. The van der Waals surface area contributed by atoms with Crippen LogP contribution in [0.1, 0.15) is 30.9 Å². The van der Waals surface area contributed by atoms with Crippen molar-refractivity contribution in [2.45, 2.75) is 32.7 Å². The van der Waals surface area contributed by atoms with E-state index in [0.29, 0.717) is 12.5 Å². The lowest BCUT2D eigenvalue weighted by Crippen LogP contribution is -2.44. The van der Waals surface area contributed by atoms with E-state index in [1.54, 1.807) is 0 Å². The Morgan fingerprint density at radius 3 is 2.58 bits per heavy atom. The Morgan fingerprint density at radius 2 is 1.84 bits per heavy atom. The van der Waals surface area contributed by atoms with Crippen molar-refractivity contribution >= 4 is 5.96 Å². The number of hydrogen-bond acceptors (Lipinski definition) is 7. The molecule has 31 heavy (non-hydrogen) atoms. The summed E-state index contributed by atoms with van der Waals surface area (Å²) in [6.07, 6.45) is 3.17. The van der Waals surface area contributed by atoms with Crippen LogP contribution in [0.3, 0.4) is 0 Å². The lowest BCUT2D eigenvalue weighted by Gasteiger charge is -2.26. The van der Waals surface area contributed by atoms with Crippen LogP contribution in [0.25, 0.3) is 0 Å². The number of nitrogens with one attached hydrogen (secondary N) is 2. The van der Waals surface area contributed by atoms with Crippen LogP contribution in [0.15, 0.2) is 4.99 Å². The van der Waals surface area contributed by atoms with Gasteiger partial charge in [0.05, 0.1) is 13.2 Å². The Bertz CT molecular complexity index is 655. The van der Waals surface area contributed by atoms with Crippen LogP contribution in [0.5, 0.6) is 0 Å². The third-order valence-corrected chi connectivity index (χ3v) is 5.84. The molecule has 0 bridgehead atoms. The number of morpholine rings is 1. The first kappa shape index (κ1) is 23.9. The zero-order chi connectivity index (χ0) is 21.7. The van der Waals surface area contributed by atoms with Gasteiger partial charge in [-0.2, -0.15) is 0 Å². The lowest BCUT2D eigenvalue weighted by atomic mass is 10.0. The van der Waals surface area contributed by atoms with Gasteiger partial charge in [-0.15, -0.1) is 10.2 Å². The molecule has 0 unspecified atom stereocenters. The van der Waals surface area contributed by atoms with Gasteiger partial charge in [0.2, 0.25) is 0 Å². The minimum Gasteiger partial charge on any atom is -0.381 e. The second-order valence-electron chi connectivity index (χ2n) is 8.18. The molecular formula is C21H39N7O3. The van der Waals surface area contributed by atoms with E-state index in [9.17, 15) is 0 Å². The van der Waals surface area contributed by atoms with E-state index in [1.807, 2.05) is 18.5 Å². The number of nitrogens with zero attached hydrogens (tertiary/aromatic N) is 5. The van der Waals surface area contributed by atoms with Gasteiger partial charge in [0.1, 0.15) is 12.4 Å². The molecule has 10 heteroatoms. The number of aromatic nitrogens is 3. The zero-order valence-corrected chi connectivity index (χ0v) is 19.1. The van der Waals surface area contributed by atoms with Crippen LogP contribution in [0.4, 0.5) is 0 Å². The molecule has 2 N–H and O–H groups in total. The van der Waals surface area contributed by atoms with Gasteiger partial charge in [-0.25, -0.2) is 4.99 Å². The molecule has 0 saturated carbocycles. The molecule has 0 aliphatic carbocycles. The number of rotatable bonds is 11. The maximum Gasteiger partial charge on any atom is 0.191 e. The summed E-state index contributed by atoms with van der Waals surface area (Å²) in [5.74, 6) is 3.20. The summed E-state index contributed by atoms with van der Waals surface area (Å²) in [5.41, 5.74) is 0. The molecule has 1 aromatic rings. The molecule has 3 heterocycles. The molecule has 0 atom stereocenters. The molecule has 2 aliphatic heterocycles. The van der Waals surface area contributed by atoms with E-state index >= 15 is 0 Å². The van der Waals surface area contributed by atoms with Crippen molar-refractivity contribution in [2.75, 3.05) is 72.4 Å². The molecular weight excluding hydrogens is 398 g/mol. The monoisotopic (exact) mass is 437 g/mol. The third-order valence-electron chi connectivity index (χ3n) is 5.84. The SMILES string of the molecule is Cc1nnc(CN=C(NCCCOCC2CCOCC2)NCCN2CCOCC2)n1C. The summed E-state index contributed by atoms with van der Waals surface area (Å²) >= 11 is 0. The van der Waals surface area contributed by atoms with Crippen LogP contribution < -0.4 is 10.6 Å². The van der Waals surface area contributed by atoms with Crippen molar-refractivity contribution in [3.8, 4) is 0 Å².